The van der Waals surface area contributed by atoms with Crippen molar-refractivity contribution in [1.29, 1.82) is 0 Å². The van der Waals surface area contributed by atoms with E-state index in [0.29, 0.717) is 11.4 Å². The summed E-state index contributed by atoms with van der Waals surface area (Å²) >= 11 is 0. The fraction of sp³-hybridized carbons (Fsp3) is 0.231. The number of carboxylic acid groups (broad SMARTS) is 1. The zero-order valence-corrected chi connectivity index (χ0v) is 18.7. The van der Waals surface area contributed by atoms with Crippen molar-refractivity contribution in [2.75, 3.05) is 18.5 Å². The Morgan fingerprint density at radius 1 is 1.00 bits per heavy atom. The molecular formula is C26H25N3O5. The lowest BCUT2D eigenvalue weighted by molar-refractivity contribution is -0.136. The Bertz CT molecular complexity index is 1160. The molecule has 3 aromatic rings. The van der Waals surface area contributed by atoms with Crippen molar-refractivity contribution in [3.8, 4) is 11.1 Å². The third-order valence-electron chi connectivity index (χ3n) is 5.77. The molecule has 1 unspecified atom stereocenters. The van der Waals surface area contributed by atoms with Gasteiger partial charge in [0.15, 0.2) is 0 Å². The van der Waals surface area contributed by atoms with Crippen LogP contribution in [0.3, 0.4) is 0 Å². The maximum absolute atomic E-state index is 12.4. The number of benzene rings is 2. The van der Waals surface area contributed by atoms with Crippen LogP contribution in [-0.2, 0) is 20.7 Å². The molecular weight excluding hydrogens is 434 g/mol. The second-order valence-corrected chi connectivity index (χ2v) is 8.21. The Kier molecular flexibility index (Phi) is 6.87. The number of anilines is 1. The largest absolute Gasteiger partial charge is 0.481 e. The van der Waals surface area contributed by atoms with Crippen LogP contribution < -0.4 is 10.6 Å². The van der Waals surface area contributed by atoms with E-state index >= 15 is 0 Å². The number of aliphatic carboxylic acids is 1. The summed E-state index contributed by atoms with van der Waals surface area (Å²) in [6.45, 7) is 1.99. The van der Waals surface area contributed by atoms with Crippen LogP contribution in [0.5, 0.6) is 0 Å². The Balaban J connectivity index is 1.26. The first kappa shape index (κ1) is 23.0. The first-order valence-electron chi connectivity index (χ1n) is 11.0. The van der Waals surface area contributed by atoms with Crippen LogP contribution >= 0.6 is 0 Å². The number of hydrogen-bond donors (Lipinski definition) is 3. The molecule has 3 N–H and O–H groups in total. The van der Waals surface area contributed by atoms with Gasteiger partial charge in [-0.05, 0) is 34.4 Å². The molecule has 0 saturated carbocycles. The van der Waals surface area contributed by atoms with Crippen LogP contribution in [0.15, 0.2) is 66.9 Å². The van der Waals surface area contributed by atoms with Crippen molar-refractivity contribution < 1.29 is 24.2 Å². The van der Waals surface area contributed by atoms with E-state index in [2.05, 4.69) is 39.9 Å². The molecule has 174 valence electrons. The Hall–Kier alpha value is -4.20. The van der Waals surface area contributed by atoms with Gasteiger partial charge >= 0.3 is 12.1 Å². The number of ether oxygens (including phenoxy) is 1. The fourth-order valence-electron chi connectivity index (χ4n) is 4.00. The number of hydrogen-bond acceptors (Lipinski definition) is 5. The van der Waals surface area contributed by atoms with Gasteiger partial charge in [0.25, 0.3) is 0 Å². The quantitative estimate of drug-likeness (QED) is 0.471. The van der Waals surface area contributed by atoms with Crippen molar-refractivity contribution in [2.45, 2.75) is 19.3 Å². The minimum atomic E-state index is -0.975. The lowest BCUT2D eigenvalue weighted by atomic mass is 9.98. The van der Waals surface area contributed by atoms with Crippen LogP contribution in [0, 0.1) is 5.92 Å². The highest BCUT2D eigenvalue weighted by Gasteiger charge is 2.29. The van der Waals surface area contributed by atoms with Gasteiger partial charge in [-0.2, -0.15) is 0 Å². The maximum atomic E-state index is 12.4. The Labute approximate surface area is 197 Å². The summed E-state index contributed by atoms with van der Waals surface area (Å²) in [6.07, 6.45) is 0.637. The van der Waals surface area contributed by atoms with Crippen molar-refractivity contribution >= 4 is 23.7 Å². The summed E-state index contributed by atoms with van der Waals surface area (Å²) < 4.78 is 5.49. The standard InChI is InChI=1S/C26H25N3O5/c1-16(25(32)29-18-11-10-17(27-14-18)12-24(30)31)13-28-26(33)34-15-23-21-8-4-2-6-19(21)20-7-3-5-9-22(20)23/h2-11,14,16,23H,12-13,15H2,1H3,(H,28,33)(H,29,32)(H,30,31). The van der Waals surface area contributed by atoms with Gasteiger partial charge in [0.1, 0.15) is 6.61 Å². The molecule has 0 saturated heterocycles. The first-order valence-corrected chi connectivity index (χ1v) is 11.0. The SMILES string of the molecule is CC(CNC(=O)OCC1c2ccccc2-c2ccccc21)C(=O)Nc1ccc(CC(=O)O)nc1. The van der Waals surface area contributed by atoms with E-state index in [1.807, 2.05) is 24.3 Å². The monoisotopic (exact) mass is 459 g/mol. The second-order valence-electron chi connectivity index (χ2n) is 8.21. The van der Waals surface area contributed by atoms with Gasteiger partial charge in [0, 0.05) is 12.5 Å². The number of nitrogens with zero attached hydrogens (tertiary/aromatic N) is 1. The van der Waals surface area contributed by atoms with Crippen LogP contribution in [-0.4, -0.2) is 41.2 Å². The molecule has 1 atom stereocenters. The van der Waals surface area contributed by atoms with Gasteiger partial charge in [-0.1, -0.05) is 55.5 Å². The number of alkyl carbamates (subject to hydrolysis) is 1. The normalized spacial score (nSPS) is 12.9. The molecule has 0 bridgehead atoms. The van der Waals surface area contributed by atoms with Gasteiger partial charge in [-0.3, -0.25) is 14.6 Å². The second kappa shape index (κ2) is 10.2. The van der Waals surface area contributed by atoms with Crippen LogP contribution in [0.4, 0.5) is 10.5 Å². The number of nitrogens with one attached hydrogen (secondary N) is 2. The van der Waals surface area contributed by atoms with E-state index < -0.39 is 18.0 Å². The van der Waals surface area contributed by atoms with Crippen LogP contribution in [0.2, 0.25) is 0 Å². The van der Waals surface area contributed by atoms with E-state index in [-0.39, 0.29) is 31.4 Å². The number of aromatic nitrogens is 1. The Morgan fingerprint density at radius 2 is 1.65 bits per heavy atom. The summed E-state index contributed by atoms with van der Waals surface area (Å²) in [4.78, 5) is 39.5. The van der Waals surface area contributed by atoms with Crippen LogP contribution in [0.25, 0.3) is 11.1 Å². The molecule has 1 heterocycles. The highest BCUT2D eigenvalue weighted by Crippen LogP contribution is 2.44. The molecule has 0 radical (unpaired) electrons. The molecule has 4 rings (SSSR count). The maximum Gasteiger partial charge on any atom is 0.407 e. The molecule has 1 aliphatic carbocycles. The minimum absolute atomic E-state index is 0.0320. The molecule has 8 heteroatoms. The third-order valence-corrected chi connectivity index (χ3v) is 5.77. The number of carboxylic acids is 1. The molecule has 34 heavy (non-hydrogen) atoms. The number of rotatable bonds is 8. The molecule has 0 fully saturated rings. The Morgan fingerprint density at radius 3 is 2.24 bits per heavy atom. The van der Waals surface area contributed by atoms with Crippen molar-refractivity contribution in [2.24, 2.45) is 5.92 Å². The highest BCUT2D eigenvalue weighted by atomic mass is 16.5. The third kappa shape index (κ3) is 5.23. The van der Waals surface area contributed by atoms with Gasteiger partial charge in [-0.15, -0.1) is 0 Å². The van der Waals surface area contributed by atoms with Gasteiger partial charge in [-0.25, -0.2) is 4.79 Å². The van der Waals surface area contributed by atoms with Crippen molar-refractivity contribution in [3.05, 3.63) is 83.7 Å². The van der Waals surface area contributed by atoms with E-state index in [0.717, 1.165) is 22.3 Å². The average Bonchev–Trinajstić information content (AvgIpc) is 3.16. The highest BCUT2D eigenvalue weighted by molar-refractivity contribution is 5.92. The predicted octanol–water partition coefficient (Wildman–Crippen LogP) is 3.82. The zero-order chi connectivity index (χ0) is 24.1. The summed E-state index contributed by atoms with van der Waals surface area (Å²) in [5.74, 6) is -1.82. The number of pyridine rings is 1. The van der Waals surface area contributed by atoms with Gasteiger partial charge in [0.2, 0.25) is 5.91 Å². The van der Waals surface area contributed by atoms with E-state index in [4.69, 9.17) is 9.84 Å². The molecule has 8 nitrogen and oxygen atoms in total. The topological polar surface area (TPSA) is 118 Å². The van der Waals surface area contributed by atoms with Gasteiger partial charge in [0.05, 0.1) is 29.9 Å². The van der Waals surface area contributed by atoms with E-state index in [1.54, 1.807) is 19.1 Å². The summed E-state index contributed by atoms with van der Waals surface area (Å²) in [5.41, 5.74) is 5.42. The number of carbonyl (C=O) groups excluding carboxylic acids is 2. The average molecular weight is 460 g/mol. The smallest absolute Gasteiger partial charge is 0.407 e. The fourth-order valence-corrected chi connectivity index (χ4v) is 4.00. The summed E-state index contributed by atoms with van der Waals surface area (Å²) in [6, 6.07) is 19.3. The van der Waals surface area contributed by atoms with Crippen molar-refractivity contribution in [3.63, 3.8) is 0 Å². The minimum Gasteiger partial charge on any atom is -0.481 e. The predicted molar refractivity (Wildman–Crippen MR) is 126 cm³/mol. The zero-order valence-electron chi connectivity index (χ0n) is 18.7. The first-order chi connectivity index (χ1) is 16.4. The van der Waals surface area contributed by atoms with Gasteiger partial charge < -0.3 is 20.5 Å². The molecule has 2 amide bonds. The summed E-state index contributed by atoms with van der Waals surface area (Å²) in [5, 5.41) is 14.1. The lowest BCUT2D eigenvalue weighted by Crippen LogP contribution is -2.35. The molecule has 0 aliphatic heterocycles. The van der Waals surface area contributed by atoms with E-state index in [1.165, 1.54) is 6.20 Å². The molecule has 0 spiro atoms. The van der Waals surface area contributed by atoms with E-state index in [9.17, 15) is 14.4 Å². The van der Waals surface area contributed by atoms with Crippen molar-refractivity contribution in [1.82, 2.24) is 10.3 Å². The summed E-state index contributed by atoms with van der Waals surface area (Å²) in [7, 11) is 0. The lowest BCUT2D eigenvalue weighted by Gasteiger charge is -2.16. The molecule has 1 aromatic heterocycles. The number of fused-ring (bicyclic) bond motifs is 3. The number of carbonyl (C=O) groups is 3. The number of amides is 2. The van der Waals surface area contributed by atoms with Crippen LogP contribution in [0.1, 0.15) is 29.7 Å². The molecule has 2 aromatic carbocycles. The molecule has 1 aliphatic rings.